The van der Waals surface area contributed by atoms with Crippen LogP contribution in [0, 0.1) is 5.82 Å². The van der Waals surface area contributed by atoms with Crippen molar-refractivity contribution in [2.24, 2.45) is 0 Å². The third-order valence-corrected chi connectivity index (χ3v) is 4.46. The zero-order chi connectivity index (χ0) is 20.1. The summed E-state index contributed by atoms with van der Waals surface area (Å²) in [6.45, 7) is 0. The van der Waals surface area contributed by atoms with Gasteiger partial charge in [-0.3, -0.25) is 14.6 Å². The van der Waals surface area contributed by atoms with E-state index in [9.17, 15) is 14.0 Å². The molecule has 2 aromatic carbocycles. The summed E-state index contributed by atoms with van der Waals surface area (Å²) in [6.07, 6.45) is 3.03. The second-order valence-corrected chi connectivity index (χ2v) is 6.54. The Morgan fingerprint density at radius 2 is 1.89 bits per heavy atom. The molecule has 0 unspecified atom stereocenters. The van der Waals surface area contributed by atoms with Crippen molar-refractivity contribution in [1.29, 1.82) is 0 Å². The Hall–Kier alpha value is -3.26. The first-order valence-corrected chi connectivity index (χ1v) is 8.93. The molecule has 2 N–H and O–H groups in total. The van der Waals surface area contributed by atoms with Crippen molar-refractivity contribution >= 4 is 39.1 Å². The number of carbonyl (C=O) groups excluding carboxylic acids is 2. The minimum Gasteiger partial charge on any atom is -0.494 e. The molecule has 0 aliphatic carbocycles. The highest BCUT2D eigenvalue weighted by molar-refractivity contribution is 9.10. The molecule has 0 bridgehead atoms. The number of aromatic nitrogens is 1. The number of anilines is 2. The molecular weight excluding hydrogens is 429 g/mol. The first-order chi connectivity index (χ1) is 13.5. The number of rotatable bonds is 5. The number of benzene rings is 2. The summed E-state index contributed by atoms with van der Waals surface area (Å²) in [4.78, 5) is 28.6. The predicted molar refractivity (Wildman–Crippen MR) is 107 cm³/mol. The average molecular weight is 444 g/mol. The van der Waals surface area contributed by atoms with Crippen LogP contribution in [-0.4, -0.2) is 23.9 Å². The standard InChI is InChI=1S/C20H15BrFN3O3/c1-28-18-10-14(24-20(27)15-6-4-13(22)9-16(15)21)5-7-17(18)25-19(26)12-3-2-8-23-11-12/h2-11H,1H3,(H,24,27)(H,25,26). The van der Waals surface area contributed by atoms with Crippen LogP contribution in [0.3, 0.4) is 0 Å². The number of hydrogen-bond donors (Lipinski definition) is 2. The van der Waals surface area contributed by atoms with Crippen LogP contribution >= 0.6 is 15.9 Å². The Morgan fingerprint density at radius 3 is 2.57 bits per heavy atom. The van der Waals surface area contributed by atoms with E-state index in [1.807, 2.05) is 0 Å². The summed E-state index contributed by atoms with van der Waals surface area (Å²) < 4.78 is 18.8. The Kier molecular flexibility index (Phi) is 6.00. The Balaban J connectivity index is 1.77. The number of ether oxygens (including phenoxy) is 1. The van der Waals surface area contributed by atoms with Gasteiger partial charge in [0, 0.05) is 28.6 Å². The van der Waals surface area contributed by atoms with Crippen molar-refractivity contribution in [2.75, 3.05) is 17.7 Å². The van der Waals surface area contributed by atoms with Gasteiger partial charge in [-0.15, -0.1) is 0 Å². The summed E-state index contributed by atoms with van der Waals surface area (Å²) in [5.41, 5.74) is 1.59. The highest BCUT2D eigenvalue weighted by atomic mass is 79.9. The van der Waals surface area contributed by atoms with Crippen LogP contribution in [0.25, 0.3) is 0 Å². The highest BCUT2D eigenvalue weighted by Crippen LogP contribution is 2.29. The van der Waals surface area contributed by atoms with E-state index in [4.69, 9.17) is 4.74 Å². The topological polar surface area (TPSA) is 80.3 Å². The van der Waals surface area contributed by atoms with Gasteiger partial charge in [-0.1, -0.05) is 0 Å². The van der Waals surface area contributed by atoms with E-state index in [1.54, 1.807) is 36.5 Å². The molecule has 8 heteroatoms. The lowest BCUT2D eigenvalue weighted by atomic mass is 10.2. The zero-order valence-corrected chi connectivity index (χ0v) is 16.3. The fourth-order valence-electron chi connectivity index (χ4n) is 2.44. The lowest BCUT2D eigenvalue weighted by Gasteiger charge is -2.13. The molecule has 3 aromatic rings. The number of pyridine rings is 1. The Labute approximate surface area is 168 Å². The number of halogens is 2. The van der Waals surface area contributed by atoms with E-state index in [0.29, 0.717) is 27.2 Å². The molecule has 142 valence electrons. The molecule has 0 atom stereocenters. The Morgan fingerprint density at radius 1 is 1.07 bits per heavy atom. The van der Waals surface area contributed by atoms with Crippen molar-refractivity contribution in [3.63, 3.8) is 0 Å². The van der Waals surface area contributed by atoms with Crippen molar-refractivity contribution in [2.45, 2.75) is 0 Å². The molecule has 0 saturated carbocycles. The number of methoxy groups -OCH3 is 1. The smallest absolute Gasteiger partial charge is 0.257 e. The summed E-state index contributed by atoms with van der Waals surface area (Å²) in [6, 6.07) is 11.9. The molecule has 6 nitrogen and oxygen atoms in total. The predicted octanol–water partition coefficient (Wildman–Crippen LogP) is 4.50. The number of carbonyl (C=O) groups is 2. The normalized spacial score (nSPS) is 10.2. The van der Waals surface area contributed by atoms with Gasteiger partial charge in [0.2, 0.25) is 0 Å². The summed E-state index contributed by atoms with van der Waals surface area (Å²) >= 11 is 3.17. The van der Waals surface area contributed by atoms with Crippen LogP contribution in [0.2, 0.25) is 0 Å². The van der Waals surface area contributed by atoms with Crippen molar-refractivity contribution in [3.05, 3.63) is 82.3 Å². The first kappa shape index (κ1) is 19.5. The largest absolute Gasteiger partial charge is 0.494 e. The molecular formula is C20H15BrFN3O3. The van der Waals surface area contributed by atoms with Crippen LogP contribution in [0.5, 0.6) is 5.75 Å². The minimum absolute atomic E-state index is 0.286. The molecule has 0 aliphatic heterocycles. The minimum atomic E-state index is -0.446. The molecule has 0 aliphatic rings. The number of nitrogens with one attached hydrogen (secondary N) is 2. The SMILES string of the molecule is COc1cc(NC(=O)c2ccc(F)cc2Br)ccc1NC(=O)c1cccnc1. The molecule has 28 heavy (non-hydrogen) atoms. The quantitative estimate of drug-likeness (QED) is 0.608. The third kappa shape index (κ3) is 4.52. The monoisotopic (exact) mass is 443 g/mol. The molecule has 1 aromatic heterocycles. The van der Waals surface area contributed by atoms with E-state index in [-0.39, 0.29) is 11.5 Å². The maximum Gasteiger partial charge on any atom is 0.257 e. The Bertz CT molecular complexity index is 1030. The molecule has 0 fully saturated rings. The number of nitrogens with zero attached hydrogens (tertiary/aromatic N) is 1. The molecule has 3 rings (SSSR count). The maximum absolute atomic E-state index is 13.2. The zero-order valence-electron chi connectivity index (χ0n) is 14.7. The maximum atomic E-state index is 13.2. The second kappa shape index (κ2) is 8.62. The van der Waals surface area contributed by atoms with Crippen LogP contribution in [0.15, 0.2) is 65.4 Å². The van der Waals surface area contributed by atoms with Gasteiger partial charge in [0.15, 0.2) is 0 Å². The van der Waals surface area contributed by atoms with Gasteiger partial charge in [0.05, 0.1) is 23.9 Å². The third-order valence-electron chi connectivity index (χ3n) is 3.81. The second-order valence-electron chi connectivity index (χ2n) is 5.69. The average Bonchev–Trinajstić information content (AvgIpc) is 2.69. The van der Waals surface area contributed by atoms with E-state index in [0.717, 1.165) is 0 Å². The molecule has 1 heterocycles. The van der Waals surface area contributed by atoms with Gasteiger partial charge in [0.1, 0.15) is 11.6 Å². The van der Waals surface area contributed by atoms with E-state index in [1.165, 1.54) is 31.5 Å². The number of amides is 2. The number of hydrogen-bond acceptors (Lipinski definition) is 4. The van der Waals surface area contributed by atoms with Crippen LogP contribution < -0.4 is 15.4 Å². The van der Waals surface area contributed by atoms with Crippen molar-refractivity contribution < 1.29 is 18.7 Å². The van der Waals surface area contributed by atoms with Crippen molar-refractivity contribution in [1.82, 2.24) is 4.98 Å². The van der Waals surface area contributed by atoms with Gasteiger partial charge in [-0.25, -0.2) is 4.39 Å². The lowest BCUT2D eigenvalue weighted by molar-refractivity contribution is 0.101. The van der Waals surface area contributed by atoms with Crippen molar-refractivity contribution in [3.8, 4) is 5.75 Å². The lowest BCUT2D eigenvalue weighted by Crippen LogP contribution is -2.14. The molecule has 0 radical (unpaired) electrons. The van der Waals surface area contributed by atoms with E-state index >= 15 is 0 Å². The van der Waals surface area contributed by atoms with Crippen LogP contribution in [-0.2, 0) is 0 Å². The van der Waals surface area contributed by atoms with Gasteiger partial charge in [0.25, 0.3) is 11.8 Å². The summed E-state index contributed by atoms with van der Waals surface area (Å²) in [5, 5.41) is 5.45. The van der Waals surface area contributed by atoms with E-state index in [2.05, 4.69) is 31.5 Å². The fourth-order valence-corrected chi connectivity index (χ4v) is 2.97. The van der Waals surface area contributed by atoms with Crippen LogP contribution in [0.4, 0.5) is 15.8 Å². The van der Waals surface area contributed by atoms with Gasteiger partial charge in [-0.2, -0.15) is 0 Å². The van der Waals surface area contributed by atoms with E-state index < -0.39 is 11.7 Å². The van der Waals surface area contributed by atoms with Crippen LogP contribution in [0.1, 0.15) is 20.7 Å². The molecule has 0 saturated heterocycles. The van der Waals surface area contributed by atoms with Gasteiger partial charge in [-0.05, 0) is 58.4 Å². The summed E-state index contributed by atoms with van der Waals surface area (Å²) in [7, 11) is 1.46. The van der Waals surface area contributed by atoms with Gasteiger partial charge < -0.3 is 15.4 Å². The molecule has 0 spiro atoms. The fraction of sp³-hybridized carbons (Fsp3) is 0.0500. The first-order valence-electron chi connectivity index (χ1n) is 8.14. The van der Waals surface area contributed by atoms with Gasteiger partial charge >= 0.3 is 0 Å². The highest BCUT2D eigenvalue weighted by Gasteiger charge is 2.14. The summed E-state index contributed by atoms with van der Waals surface area (Å²) in [5.74, 6) is -0.827. The molecule has 2 amide bonds.